The summed E-state index contributed by atoms with van der Waals surface area (Å²) in [5.41, 5.74) is 1.06. The minimum atomic E-state index is -2.59. The Labute approximate surface area is 132 Å². The topological polar surface area (TPSA) is 20.3 Å². The van der Waals surface area contributed by atoms with Crippen molar-refractivity contribution in [3.63, 3.8) is 0 Å². The van der Waals surface area contributed by atoms with Gasteiger partial charge in [0.2, 0.25) is 11.8 Å². The maximum Gasteiger partial charge on any atom is 0.248 e. The van der Waals surface area contributed by atoms with Crippen LogP contribution in [0, 0.1) is 5.92 Å². The predicted molar refractivity (Wildman–Crippen MR) is 82.6 cm³/mol. The molecule has 0 saturated heterocycles. The van der Waals surface area contributed by atoms with E-state index in [1.165, 1.54) is 0 Å². The normalized spacial score (nSPS) is 18.4. The molecule has 1 aliphatic carbocycles. The third-order valence-electron chi connectivity index (χ3n) is 3.95. The second kappa shape index (κ2) is 7.34. The molecule has 0 heterocycles. The number of alkyl halides is 3. The summed E-state index contributed by atoms with van der Waals surface area (Å²) in [6.07, 6.45) is 0.243. The number of hydrogen-bond acceptors (Lipinski definition) is 1. The van der Waals surface area contributed by atoms with E-state index >= 15 is 0 Å². The van der Waals surface area contributed by atoms with Crippen molar-refractivity contribution in [1.29, 1.82) is 0 Å². The zero-order valence-corrected chi connectivity index (χ0v) is 13.5. The van der Waals surface area contributed by atoms with Gasteiger partial charge in [0.15, 0.2) is 0 Å². The first-order valence-electron chi connectivity index (χ1n) is 7.28. The molecule has 5 heteroatoms. The van der Waals surface area contributed by atoms with Gasteiger partial charge in [0, 0.05) is 37.2 Å². The standard InChI is InChI=1S/C16H20BrF2NO/c17-10-11-20(12-13-4-2-1-3-5-13)15(21)14-6-8-16(18,19)9-7-14/h1-5,14H,6-12H2. The Hall–Kier alpha value is -0.970. The second-order valence-corrected chi connectivity index (χ2v) is 6.36. The summed E-state index contributed by atoms with van der Waals surface area (Å²) in [6, 6.07) is 9.76. The van der Waals surface area contributed by atoms with Crippen LogP contribution in [0.2, 0.25) is 0 Å². The van der Waals surface area contributed by atoms with Crippen LogP contribution in [-0.4, -0.2) is 28.6 Å². The Bertz CT molecular complexity index is 457. The van der Waals surface area contributed by atoms with E-state index in [1.807, 2.05) is 30.3 Å². The van der Waals surface area contributed by atoms with Gasteiger partial charge in [0.1, 0.15) is 0 Å². The molecule has 1 amide bonds. The molecule has 0 aromatic heterocycles. The highest BCUT2D eigenvalue weighted by Crippen LogP contribution is 2.37. The molecule has 1 fully saturated rings. The lowest BCUT2D eigenvalue weighted by Gasteiger charge is -2.32. The molecule has 0 atom stereocenters. The second-order valence-electron chi connectivity index (χ2n) is 5.56. The van der Waals surface area contributed by atoms with Crippen LogP contribution in [0.4, 0.5) is 8.78 Å². The molecule has 0 unspecified atom stereocenters. The Kier molecular flexibility index (Phi) is 5.73. The summed E-state index contributed by atoms with van der Waals surface area (Å²) in [5, 5.41) is 0.689. The monoisotopic (exact) mass is 359 g/mol. The van der Waals surface area contributed by atoms with Crippen molar-refractivity contribution in [3.8, 4) is 0 Å². The van der Waals surface area contributed by atoms with E-state index in [4.69, 9.17) is 0 Å². The van der Waals surface area contributed by atoms with Gasteiger partial charge in [-0.3, -0.25) is 4.79 Å². The van der Waals surface area contributed by atoms with Crippen LogP contribution in [0.1, 0.15) is 31.2 Å². The SMILES string of the molecule is O=C(C1CCC(F)(F)CC1)N(CCBr)Cc1ccccc1. The summed E-state index contributed by atoms with van der Waals surface area (Å²) < 4.78 is 26.4. The summed E-state index contributed by atoms with van der Waals surface area (Å²) in [6.45, 7) is 1.14. The summed E-state index contributed by atoms with van der Waals surface area (Å²) in [4.78, 5) is 14.3. The molecule has 2 nitrogen and oxygen atoms in total. The van der Waals surface area contributed by atoms with E-state index in [9.17, 15) is 13.6 Å². The van der Waals surface area contributed by atoms with E-state index < -0.39 is 5.92 Å². The number of rotatable bonds is 5. The van der Waals surface area contributed by atoms with Crippen LogP contribution in [0.5, 0.6) is 0 Å². The van der Waals surface area contributed by atoms with E-state index in [0.717, 1.165) is 5.56 Å². The molecule has 1 aromatic carbocycles. The van der Waals surface area contributed by atoms with Gasteiger partial charge in [-0.25, -0.2) is 8.78 Å². The van der Waals surface area contributed by atoms with Crippen molar-refractivity contribution in [1.82, 2.24) is 4.90 Å². The minimum Gasteiger partial charge on any atom is -0.337 e. The molecule has 21 heavy (non-hydrogen) atoms. The first-order valence-corrected chi connectivity index (χ1v) is 8.40. The molecule has 2 rings (SSSR count). The summed E-state index contributed by atoms with van der Waals surface area (Å²) in [5.74, 6) is -2.84. The van der Waals surface area contributed by atoms with E-state index in [-0.39, 0.29) is 24.7 Å². The quantitative estimate of drug-likeness (QED) is 0.720. The van der Waals surface area contributed by atoms with Gasteiger partial charge < -0.3 is 4.90 Å². The number of amides is 1. The van der Waals surface area contributed by atoms with Gasteiger partial charge in [-0.1, -0.05) is 46.3 Å². The first-order chi connectivity index (χ1) is 10.0. The van der Waals surface area contributed by atoms with Crippen LogP contribution in [0.15, 0.2) is 30.3 Å². The van der Waals surface area contributed by atoms with Crippen LogP contribution >= 0.6 is 15.9 Å². The van der Waals surface area contributed by atoms with Gasteiger partial charge in [0.05, 0.1) is 0 Å². The number of carbonyl (C=O) groups is 1. The number of halogens is 3. The molecule has 0 spiro atoms. The van der Waals surface area contributed by atoms with Gasteiger partial charge in [-0.15, -0.1) is 0 Å². The Morgan fingerprint density at radius 1 is 1.24 bits per heavy atom. The van der Waals surface area contributed by atoms with Crippen LogP contribution in [-0.2, 0) is 11.3 Å². The lowest BCUT2D eigenvalue weighted by molar-refractivity contribution is -0.140. The molecule has 0 radical (unpaired) electrons. The zero-order valence-electron chi connectivity index (χ0n) is 11.9. The molecule has 1 saturated carbocycles. The highest BCUT2D eigenvalue weighted by atomic mass is 79.9. The molecular weight excluding hydrogens is 340 g/mol. The van der Waals surface area contributed by atoms with Crippen LogP contribution < -0.4 is 0 Å². The zero-order chi connectivity index (χ0) is 15.3. The maximum absolute atomic E-state index is 13.2. The molecule has 1 aliphatic rings. The fourth-order valence-corrected chi connectivity index (χ4v) is 3.15. The van der Waals surface area contributed by atoms with Gasteiger partial charge in [-0.2, -0.15) is 0 Å². The van der Waals surface area contributed by atoms with E-state index in [0.29, 0.717) is 31.3 Å². The van der Waals surface area contributed by atoms with E-state index in [2.05, 4.69) is 15.9 Å². The number of benzene rings is 1. The van der Waals surface area contributed by atoms with Crippen molar-refractivity contribution < 1.29 is 13.6 Å². The molecule has 1 aromatic rings. The van der Waals surface area contributed by atoms with Crippen LogP contribution in [0.25, 0.3) is 0 Å². The Morgan fingerprint density at radius 3 is 2.43 bits per heavy atom. The van der Waals surface area contributed by atoms with Crippen molar-refractivity contribution >= 4 is 21.8 Å². The maximum atomic E-state index is 13.2. The number of nitrogens with zero attached hydrogens (tertiary/aromatic N) is 1. The van der Waals surface area contributed by atoms with Crippen LogP contribution in [0.3, 0.4) is 0 Å². The third-order valence-corrected chi connectivity index (χ3v) is 4.30. The largest absolute Gasteiger partial charge is 0.337 e. The third kappa shape index (κ3) is 4.77. The number of carbonyl (C=O) groups excluding carboxylic acids is 1. The lowest BCUT2D eigenvalue weighted by atomic mass is 9.86. The molecule has 0 N–H and O–H groups in total. The van der Waals surface area contributed by atoms with Crippen molar-refractivity contribution in [2.24, 2.45) is 5.92 Å². The highest BCUT2D eigenvalue weighted by Gasteiger charge is 2.38. The summed E-state index contributed by atoms with van der Waals surface area (Å²) >= 11 is 3.36. The average molecular weight is 360 g/mol. The Balaban J connectivity index is 1.99. The predicted octanol–water partition coefficient (Wildman–Crippen LogP) is 4.24. The lowest BCUT2D eigenvalue weighted by Crippen LogP contribution is -2.40. The smallest absolute Gasteiger partial charge is 0.248 e. The molecule has 116 valence electrons. The molecule has 0 aliphatic heterocycles. The van der Waals surface area contributed by atoms with Crippen molar-refractivity contribution in [2.45, 2.75) is 38.2 Å². The highest BCUT2D eigenvalue weighted by molar-refractivity contribution is 9.09. The minimum absolute atomic E-state index is 0.00815. The summed E-state index contributed by atoms with van der Waals surface area (Å²) in [7, 11) is 0. The van der Waals surface area contributed by atoms with Gasteiger partial charge >= 0.3 is 0 Å². The first kappa shape index (κ1) is 16.4. The van der Waals surface area contributed by atoms with Crippen molar-refractivity contribution in [2.75, 3.05) is 11.9 Å². The molecular formula is C16H20BrF2NO. The van der Waals surface area contributed by atoms with Gasteiger partial charge in [-0.05, 0) is 18.4 Å². The Morgan fingerprint density at radius 2 is 1.86 bits per heavy atom. The fraction of sp³-hybridized carbons (Fsp3) is 0.562. The fourth-order valence-electron chi connectivity index (χ4n) is 2.72. The van der Waals surface area contributed by atoms with Gasteiger partial charge in [0.25, 0.3) is 0 Å². The van der Waals surface area contributed by atoms with E-state index in [1.54, 1.807) is 4.90 Å². The molecule has 0 bridgehead atoms. The average Bonchev–Trinajstić information content (AvgIpc) is 2.47. The number of hydrogen-bond donors (Lipinski definition) is 0. The van der Waals surface area contributed by atoms with Crippen molar-refractivity contribution in [3.05, 3.63) is 35.9 Å².